The van der Waals surface area contributed by atoms with E-state index in [1.54, 1.807) is 0 Å². The van der Waals surface area contributed by atoms with Crippen LogP contribution in [0.2, 0.25) is 0 Å². The van der Waals surface area contributed by atoms with Gasteiger partial charge in [0.15, 0.2) is 0 Å². The Bertz CT molecular complexity index is 502. The first-order valence-corrected chi connectivity index (χ1v) is 4.95. The molecule has 0 saturated heterocycles. The maximum atomic E-state index is 12.5. The third-order valence-electron chi connectivity index (χ3n) is 1.92. The first-order chi connectivity index (χ1) is 8.38. The van der Waals surface area contributed by atoms with Crippen LogP contribution in [0.25, 0.3) is 5.32 Å². The fourth-order valence-corrected chi connectivity index (χ4v) is 1.32. The van der Waals surface area contributed by atoms with E-state index >= 15 is 0 Å². The van der Waals surface area contributed by atoms with E-state index in [2.05, 4.69) is 22.9 Å². The van der Waals surface area contributed by atoms with Crippen molar-refractivity contribution in [1.29, 1.82) is 5.26 Å². The number of anilines is 1. The zero-order chi connectivity index (χ0) is 13.8. The largest absolute Gasteiger partial charge is 1.00 e. The average Bonchev–Trinajstić information content (AvgIpc) is 2.28. The van der Waals surface area contributed by atoms with Gasteiger partial charge < -0.3 is 20.6 Å². The van der Waals surface area contributed by atoms with Gasteiger partial charge in [-0.1, -0.05) is 12.2 Å². The molecule has 19 heavy (non-hydrogen) atoms. The van der Waals surface area contributed by atoms with Gasteiger partial charge in [-0.3, -0.25) is 0 Å². The van der Waals surface area contributed by atoms with Gasteiger partial charge in [0.05, 0.1) is 17.8 Å². The predicted octanol–water partition coefficient (Wildman–Crippen LogP) is 0.270. The van der Waals surface area contributed by atoms with Gasteiger partial charge in [-0.05, 0) is 18.2 Å². The van der Waals surface area contributed by atoms with Gasteiger partial charge in [-0.15, -0.1) is 0 Å². The van der Waals surface area contributed by atoms with Crippen LogP contribution in [0, 0.1) is 11.5 Å². The van der Waals surface area contributed by atoms with Crippen LogP contribution in [0.15, 0.2) is 18.2 Å². The summed E-state index contributed by atoms with van der Waals surface area (Å²) >= 11 is 4.64. The van der Waals surface area contributed by atoms with Gasteiger partial charge in [0.25, 0.3) is 0 Å². The molecule has 0 bridgehead atoms. The second kappa shape index (κ2) is 7.55. The fraction of sp³-hybridized carbons (Fsp3) is 0.200. The number of methoxy groups -OCH3 is 1. The number of hydrogen-bond acceptors (Lipinski definition) is 3. The van der Waals surface area contributed by atoms with E-state index in [1.165, 1.54) is 13.3 Å². The molecule has 0 aliphatic rings. The topological polar surface area (TPSA) is 59.1 Å². The molecule has 0 atom stereocenters. The quantitative estimate of drug-likeness (QED) is 0.484. The minimum Gasteiger partial charge on any atom is -0.496 e. The van der Waals surface area contributed by atoms with Crippen LogP contribution < -0.4 is 39.6 Å². The van der Waals surface area contributed by atoms with E-state index in [0.717, 1.165) is 18.2 Å². The Morgan fingerprint density at radius 3 is 2.58 bits per heavy atom. The van der Waals surface area contributed by atoms with Crippen molar-refractivity contribution in [3.8, 4) is 11.9 Å². The van der Waals surface area contributed by atoms with E-state index < -0.39 is 11.7 Å². The molecule has 0 aromatic heterocycles. The van der Waals surface area contributed by atoms with Gasteiger partial charge in [0.2, 0.25) is 0 Å². The van der Waals surface area contributed by atoms with Gasteiger partial charge in [-0.25, -0.2) is 0 Å². The van der Waals surface area contributed by atoms with Crippen LogP contribution in [0.4, 0.5) is 18.9 Å². The monoisotopic (exact) mass is 297 g/mol. The molecule has 0 amide bonds. The van der Waals surface area contributed by atoms with Gasteiger partial charge >= 0.3 is 35.7 Å². The molecule has 0 spiro atoms. The van der Waals surface area contributed by atoms with Crippen LogP contribution in [-0.2, 0) is 6.18 Å². The van der Waals surface area contributed by atoms with Crippen LogP contribution >= 0.6 is 12.2 Å². The average molecular weight is 297 g/mol. The Morgan fingerprint density at radius 2 is 2.11 bits per heavy atom. The summed E-state index contributed by atoms with van der Waals surface area (Å²) in [6, 6.07) is 2.87. The molecule has 0 aliphatic carbocycles. The summed E-state index contributed by atoms with van der Waals surface area (Å²) in [6.07, 6.45) is -3.05. The Labute approximate surface area is 135 Å². The Balaban J connectivity index is 0.00000324. The van der Waals surface area contributed by atoms with E-state index in [-0.39, 0.29) is 46.1 Å². The van der Waals surface area contributed by atoms with Crippen molar-refractivity contribution in [2.45, 2.75) is 6.18 Å². The molecule has 0 saturated carbocycles. The normalized spacial score (nSPS) is 9.84. The van der Waals surface area contributed by atoms with Crippen molar-refractivity contribution >= 4 is 23.0 Å². The van der Waals surface area contributed by atoms with Crippen molar-refractivity contribution < 1.29 is 47.5 Å². The van der Waals surface area contributed by atoms with Crippen LogP contribution in [-0.4, -0.2) is 12.2 Å². The zero-order valence-electron chi connectivity index (χ0n) is 10.1. The molecule has 0 heterocycles. The van der Waals surface area contributed by atoms with Gasteiger partial charge in [0, 0.05) is 11.9 Å². The first-order valence-electron chi connectivity index (χ1n) is 4.54. The Hall–Kier alpha value is -1.01. The molecule has 1 aromatic carbocycles. The van der Waals surface area contributed by atoms with Crippen LogP contribution in [0.1, 0.15) is 5.56 Å². The third kappa shape index (κ3) is 5.24. The summed E-state index contributed by atoms with van der Waals surface area (Å²) in [5.74, 6) is 0.165. The number of rotatable bonds is 2. The smallest absolute Gasteiger partial charge is 0.496 e. The number of nitrogens with one attached hydrogen (secondary N) is 1. The Kier molecular flexibility index (Phi) is 7.15. The molecule has 96 valence electrons. The van der Waals surface area contributed by atoms with Gasteiger partial charge in [-0.2, -0.15) is 13.2 Å². The van der Waals surface area contributed by atoms with Gasteiger partial charge in [0.1, 0.15) is 5.75 Å². The molecule has 9 heteroatoms. The number of halogens is 3. The second-order valence-corrected chi connectivity index (χ2v) is 3.44. The summed E-state index contributed by atoms with van der Waals surface area (Å²) in [4.78, 5) is 0. The number of benzene rings is 1. The molecule has 0 radical (unpaired) electrons. The minimum absolute atomic E-state index is 0. The summed E-state index contributed by atoms with van der Waals surface area (Å²) in [5.41, 5.74) is -0.859. The number of alkyl halides is 3. The number of ether oxygens (including phenoxy) is 1. The van der Waals surface area contributed by atoms with Crippen molar-refractivity contribution in [2.24, 2.45) is 0 Å². The van der Waals surface area contributed by atoms with Crippen molar-refractivity contribution in [2.75, 3.05) is 12.4 Å². The Morgan fingerprint density at radius 1 is 1.47 bits per heavy atom. The van der Waals surface area contributed by atoms with E-state index in [9.17, 15) is 13.2 Å². The van der Waals surface area contributed by atoms with E-state index in [0.29, 0.717) is 0 Å². The maximum Gasteiger partial charge on any atom is 1.00 e. The van der Waals surface area contributed by atoms with Crippen molar-refractivity contribution in [1.82, 2.24) is 0 Å². The summed E-state index contributed by atoms with van der Waals surface area (Å²) in [6.45, 7) is 0. The maximum absolute atomic E-state index is 12.5. The molecular formula is C10H7F3N3NaOS. The van der Waals surface area contributed by atoms with Crippen molar-refractivity contribution in [3.05, 3.63) is 29.1 Å². The van der Waals surface area contributed by atoms with Crippen LogP contribution in [0.3, 0.4) is 0 Å². The molecule has 0 aliphatic heterocycles. The van der Waals surface area contributed by atoms with E-state index in [4.69, 9.17) is 10.00 Å². The molecule has 0 fully saturated rings. The molecule has 1 N–H and O–H groups in total. The van der Waals surface area contributed by atoms with Crippen molar-refractivity contribution in [3.63, 3.8) is 0 Å². The third-order valence-corrected chi connectivity index (χ3v) is 2.11. The molecule has 1 aromatic rings. The van der Waals surface area contributed by atoms with Crippen LogP contribution in [0.5, 0.6) is 5.75 Å². The number of hydrogen-bond donors (Lipinski definition) is 1. The SMILES string of the molecule is COc1ccc(C(F)(F)F)cc1NC(=S)[N-]C#N.[Na+]. The molecular weight excluding hydrogens is 290 g/mol. The minimum atomic E-state index is -4.48. The number of thiocarbonyl (C=S) groups is 1. The standard InChI is InChI=1S/C10H8F3N3OS.Na/c1-17-8-3-2-6(10(11,12)13)4-7(8)16-9(18)15-5-14;/h2-4H,1H3,(H2,15,16,18);/q;+1/p-1. The molecule has 4 nitrogen and oxygen atoms in total. The number of nitrogens with zero attached hydrogens (tertiary/aromatic N) is 2. The fourth-order valence-electron chi connectivity index (χ4n) is 1.17. The number of nitriles is 1. The van der Waals surface area contributed by atoms with E-state index in [1.807, 2.05) is 0 Å². The summed E-state index contributed by atoms with van der Waals surface area (Å²) in [5, 5.41) is 13.6. The summed E-state index contributed by atoms with van der Waals surface area (Å²) < 4.78 is 42.4. The predicted molar refractivity (Wildman–Crippen MR) is 63.2 cm³/mol. The first kappa shape index (κ1) is 18.0. The zero-order valence-corrected chi connectivity index (χ0v) is 12.9. The second-order valence-electron chi connectivity index (χ2n) is 3.05. The summed E-state index contributed by atoms with van der Waals surface area (Å²) in [7, 11) is 1.30. The molecule has 1 rings (SSSR count). The molecule has 0 unspecified atom stereocenters.